The second-order valence-corrected chi connectivity index (χ2v) is 8.88. The van der Waals surface area contributed by atoms with Crippen molar-refractivity contribution >= 4 is 28.8 Å². The van der Waals surface area contributed by atoms with Crippen LogP contribution in [0.15, 0.2) is 35.2 Å². The lowest BCUT2D eigenvalue weighted by atomic mass is 9.95. The SMILES string of the molecule is Cc1ccc(C)c(/C(O)=C2\C(=O)C(=O)N(CCCN(C)C)C2c2sccc2C)c1. The van der Waals surface area contributed by atoms with Crippen LogP contribution >= 0.6 is 11.3 Å². The molecule has 0 radical (unpaired) electrons. The zero-order valence-electron chi connectivity index (χ0n) is 17.7. The van der Waals surface area contributed by atoms with Gasteiger partial charge in [0, 0.05) is 17.0 Å². The summed E-state index contributed by atoms with van der Waals surface area (Å²) in [5.74, 6) is -1.23. The van der Waals surface area contributed by atoms with Gasteiger partial charge in [0.1, 0.15) is 5.76 Å². The molecular weight excluding hydrogens is 384 g/mol. The molecule has 2 aromatic rings. The van der Waals surface area contributed by atoms with Crippen molar-refractivity contribution < 1.29 is 14.7 Å². The summed E-state index contributed by atoms with van der Waals surface area (Å²) in [5.41, 5.74) is 3.68. The minimum atomic E-state index is -0.606. The van der Waals surface area contributed by atoms with Crippen molar-refractivity contribution in [1.82, 2.24) is 9.80 Å². The van der Waals surface area contributed by atoms with Crippen LogP contribution in [0.1, 0.15) is 39.6 Å². The average Bonchev–Trinajstić information content (AvgIpc) is 3.18. The summed E-state index contributed by atoms with van der Waals surface area (Å²) in [7, 11) is 3.96. The maximum absolute atomic E-state index is 13.0. The van der Waals surface area contributed by atoms with E-state index in [1.165, 1.54) is 11.3 Å². The van der Waals surface area contributed by atoms with Gasteiger partial charge in [-0.25, -0.2) is 0 Å². The molecule has 29 heavy (non-hydrogen) atoms. The molecular formula is C23H28N2O3S. The summed E-state index contributed by atoms with van der Waals surface area (Å²) in [4.78, 5) is 30.6. The van der Waals surface area contributed by atoms with E-state index in [1.807, 2.05) is 64.5 Å². The topological polar surface area (TPSA) is 60.9 Å². The third-order valence-corrected chi connectivity index (χ3v) is 6.41. The van der Waals surface area contributed by atoms with Crippen LogP contribution in [0.4, 0.5) is 0 Å². The number of Topliss-reactive ketones (excluding diaryl/α,β-unsaturated/α-hetero) is 1. The molecule has 1 saturated heterocycles. The van der Waals surface area contributed by atoms with Crippen molar-refractivity contribution in [3.05, 3.63) is 62.3 Å². The van der Waals surface area contributed by atoms with E-state index in [-0.39, 0.29) is 11.3 Å². The van der Waals surface area contributed by atoms with Crippen molar-refractivity contribution in [2.24, 2.45) is 0 Å². The van der Waals surface area contributed by atoms with Crippen molar-refractivity contribution in [3.8, 4) is 0 Å². The van der Waals surface area contributed by atoms with Gasteiger partial charge in [-0.1, -0.05) is 17.7 Å². The van der Waals surface area contributed by atoms with E-state index in [1.54, 1.807) is 4.90 Å². The van der Waals surface area contributed by atoms with Crippen LogP contribution in [0.25, 0.3) is 5.76 Å². The number of benzene rings is 1. The molecule has 6 heteroatoms. The predicted octanol–water partition coefficient (Wildman–Crippen LogP) is 4.05. The Balaban J connectivity index is 2.13. The normalized spacial score (nSPS) is 18.8. The molecule has 1 amide bonds. The average molecular weight is 413 g/mol. The van der Waals surface area contributed by atoms with Crippen molar-refractivity contribution in [1.29, 1.82) is 0 Å². The van der Waals surface area contributed by atoms with Gasteiger partial charge in [-0.2, -0.15) is 0 Å². The number of hydrogen-bond donors (Lipinski definition) is 1. The summed E-state index contributed by atoms with van der Waals surface area (Å²) in [6.45, 7) is 7.10. The lowest BCUT2D eigenvalue weighted by Gasteiger charge is -2.25. The van der Waals surface area contributed by atoms with E-state index < -0.39 is 17.7 Å². The molecule has 2 heterocycles. The molecule has 1 aromatic carbocycles. The number of nitrogens with zero attached hydrogens (tertiary/aromatic N) is 2. The predicted molar refractivity (Wildman–Crippen MR) is 117 cm³/mol. The molecule has 0 bridgehead atoms. The van der Waals surface area contributed by atoms with E-state index in [0.29, 0.717) is 12.1 Å². The maximum Gasteiger partial charge on any atom is 0.295 e. The van der Waals surface area contributed by atoms with E-state index >= 15 is 0 Å². The summed E-state index contributed by atoms with van der Waals surface area (Å²) in [6, 6.07) is 7.19. The monoisotopic (exact) mass is 412 g/mol. The summed E-state index contributed by atoms with van der Waals surface area (Å²) in [6.07, 6.45) is 0.754. The Kier molecular flexibility index (Phi) is 6.24. The van der Waals surface area contributed by atoms with Gasteiger partial charge in [0.05, 0.1) is 11.6 Å². The zero-order chi connectivity index (χ0) is 21.3. The van der Waals surface area contributed by atoms with Gasteiger partial charge in [0.2, 0.25) is 0 Å². The van der Waals surface area contributed by atoms with Crippen LogP contribution in [0.3, 0.4) is 0 Å². The minimum Gasteiger partial charge on any atom is -0.507 e. The second kappa shape index (κ2) is 8.51. The number of aliphatic hydroxyl groups excluding tert-OH is 1. The molecule has 1 aliphatic heterocycles. The highest BCUT2D eigenvalue weighted by Crippen LogP contribution is 2.42. The number of amides is 1. The smallest absolute Gasteiger partial charge is 0.295 e. The van der Waals surface area contributed by atoms with Crippen LogP contribution < -0.4 is 0 Å². The summed E-state index contributed by atoms with van der Waals surface area (Å²) in [5, 5.41) is 13.1. The van der Waals surface area contributed by atoms with E-state index in [0.717, 1.165) is 34.5 Å². The Morgan fingerprint density at radius 3 is 2.48 bits per heavy atom. The lowest BCUT2D eigenvalue weighted by molar-refractivity contribution is -0.139. The Morgan fingerprint density at radius 1 is 1.14 bits per heavy atom. The molecule has 1 aromatic heterocycles. The minimum absolute atomic E-state index is 0.0857. The van der Waals surface area contributed by atoms with Crippen LogP contribution in [0.5, 0.6) is 0 Å². The number of carbonyl (C=O) groups excluding carboxylic acids is 2. The fourth-order valence-corrected chi connectivity index (χ4v) is 4.79. The quantitative estimate of drug-likeness (QED) is 0.442. The van der Waals surface area contributed by atoms with Crippen molar-refractivity contribution in [2.75, 3.05) is 27.2 Å². The highest BCUT2D eigenvalue weighted by Gasteiger charge is 2.46. The summed E-state index contributed by atoms with van der Waals surface area (Å²) < 4.78 is 0. The molecule has 1 aliphatic rings. The molecule has 0 aliphatic carbocycles. The van der Waals surface area contributed by atoms with Gasteiger partial charge in [-0.05, 0) is 76.5 Å². The number of hydrogen-bond acceptors (Lipinski definition) is 5. The fourth-order valence-electron chi connectivity index (χ4n) is 3.74. The fraction of sp³-hybridized carbons (Fsp3) is 0.391. The Morgan fingerprint density at radius 2 is 1.86 bits per heavy atom. The Hall–Kier alpha value is -2.44. The molecule has 0 saturated carbocycles. The standard InChI is InChI=1S/C23H28N2O3S/c1-14-7-8-15(2)17(13-14)20(26)18-19(22-16(3)9-12-29-22)25(23(28)21(18)27)11-6-10-24(4)5/h7-9,12-13,19,26H,6,10-11H2,1-5H3/b20-18+. The number of ketones is 1. The molecule has 5 nitrogen and oxygen atoms in total. The van der Waals surface area contributed by atoms with Crippen LogP contribution in [0, 0.1) is 20.8 Å². The number of aliphatic hydroxyl groups is 1. The van der Waals surface area contributed by atoms with Gasteiger partial charge in [-0.15, -0.1) is 11.3 Å². The second-order valence-electron chi connectivity index (χ2n) is 7.94. The van der Waals surface area contributed by atoms with Gasteiger partial charge in [-0.3, -0.25) is 9.59 Å². The van der Waals surface area contributed by atoms with E-state index in [2.05, 4.69) is 4.90 Å². The molecule has 1 N–H and O–H groups in total. The van der Waals surface area contributed by atoms with Gasteiger partial charge in [0.25, 0.3) is 11.7 Å². The molecule has 1 fully saturated rings. The number of aryl methyl sites for hydroxylation is 3. The molecule has 0 spiro atoms. The van der Waals surface area contributed by atoms with Crippen molar-refractivity contribution in [3.63, 3.8) is 0 Å². The van der Waals surface area contributed by atoms with Gasteiger partial charge in [0.15, 0.2) is 0 Å². The lowest BCUT2D eigenvalue weighted by Crippen LogP contribution is -2.32. The van der Waals surface area contributed by atoms with E-state index in [4.69, 9.17) is 0 Å². The number of thiophene rings is 1. The number of rotatable bonds is 6. The molecule has 154 valence electrons. The number of carbonyl (C=O) groups is 2. The molecule has 1 atom stereocenters. The summed E-state index contributed by atoms with van der Waals surface area (Å²) >= 11 is 1.52. The third-order valence-electron chi connectivity index (χ3n) is 5.34. The highest BCUT2D eigenvalue weighted by molar-refractivity contribution is 7.10. The van der Waals surface area contributed by atoms with Crippen LogP contribution in [-0.2, 0) is 9.59 Å². The number of likely N-dealkylation sites (tertiary alicyclic amines) is 1. The van der Waals surface area contributed by atoms with Crippen LogP contribution in [-0.4, -0.2) is 53.8 Å². The third kappa shape index (κ3) is 4.14. The first kappa shape index (κ1) is 21.3. The Labute approximate surface area is 176 Å². The zero-order valence-corrected chi connectivity index (χ0v) is 18.5. The van der Waals surface area contributed by atoms with Gasteiger partial charge >= 0.3 is 0 Å². The van der Waals surface area contributed by atoms with E-state index in [9.17, 15) is 14.7 Å². The first-order valence-corrected chi connectivity index (χ1v) is 10.6. The first-order chi connectivity index (χ1) is 13.7. The van der Waals surface area contributed by atoms with Gasteiger partial charge < -0.3 is 14.9 Å². The Bertz CT molecular complexity index is 974. The largest absolute Gasteiger partial charge is 0.507 e. The molecule has 3 rings (SSSR count). The first-order valence-electron chi connectivity index (χ1n) is 9.77. The van der Waals surface area contributed by atoms with Crippen molar-refractivity contribution in [2.45, 2.75) is 33.2 Å². The molecule has 1 unspecified atom stereocenters. The maximum atomic E-state index is 13.0. The van der Waals surface area contributed by atoms with Crippen LogP contribution in [0.2, 0.25) is 0 Å². The highest BCUT2D eigenvalue weighted by atomic mass is 32.1.